The summed E-state index contributed by atoms with van der Waals surface area (Å²) in [6, 6.07) is 0. The first-order chi connectivity index (χ1) is 8.13. The van der Waals surface area contributed by atoms with Crippen molar-refractivity contribution in [2.24, 2.45) is 11.1 Å². The molecule has 17 heavy (non-hydrogen) atoms. The number of piperidine rings is 1. The fourth-order valence-corrected chi connectivity index (χ4v) is 2.50. The van der Waals surface area contributed by atoms with Crippen LogP contribution in [0.4, 0.5) is 0 Å². The van der Waals surface area contributed by atoms with Gasteiger partial charge in [-0.15, -0.1) is 0 Å². The molecule has 1 unspecified atom stereocenters. The van der Waals surface area contributed by atoms with Crippen LogP contribution in [0.25, 0.3) is 0 Å². The zero-order valence-electron chi connectivity index (χ0n) is 11.9. The van der Waals surface area contributed by atoms with Crippen LogP contribution in [0.2, 0.25) is 0 Å². The van der Waals surface area contributed by atoms with Crippen molar-refractivity contribution in [2.45, 2.75) is 52.6 Å². The minimum absolute atomic E-state index is 0.250. The van der Waals surface area contributed by atoms with Crippen molar-refractivity contribution >= 4 is 0 Å². The van der Waals surface area contributed by atoms with Gasteiger partial charge in [-0.2, -0.15) is 0 Å². The molecule has 102 valence electrons. The Balaban J connectivity index is 2.21. The van der Waals surface area contributed by atoms with E-state index in [0.29, 0.717) is 12.0 Å². The van der Waals surface area contributed by atoms with Crippen molar-refractivity contribution in [1.82, 2.24) is 4.90 Å². The largest absolute Gasteiger partial charge is 0.377 e. The van der Waals surface area contributed by atoms with Gasteiger partial charge in [0, 0.05) is 19.7 Å². The van der Waals surface area contributed by atoms with E-state index in [-0.39, 0.29) is 6.10 Å². The van der Waals surface area contributed by atoms with Gasteiger partial charge < -0.3 is 15.4 Å². The normalized spacial score (nSPS) is 22.6. The first-order valence-electron chi connectivity index (χ1n) is 7.17. The average molecular weight is 242 g/mol. The Labute approximate surface area is 107 Å². The van der Waals surface area contributed by atoms with Crippen LogP contribution in [0.3, 0.4) is 0 Å². The summed E-state index contributed by atoms with van der Waals surface area (Å²) in [6.45, 7) is 11.8. The first-order valence-corrected chi connectivity index (χ1v) is 7.17. The summed E-state index contributed by atoms with van der Waals surface area (Å²) in [5.74, 6) is 0. The van der Waals surface area contributed by atoms with E-state index in [0.717, 1.165) is 19.6 Å². The maximum Gasteiger partial charge on any atom is 0.0709 e. The summed E-state index contributed by atoms with van der Waals surface area (Å²) in [5.41, 5.74) is 6.28. The lowest BCUT2D eigenvalue weighted by Gasteiger charge is -2.39. The second kappa shape index (κ2) is 7.34. The van der Waals surface area contributed by atoms with Crippen LogP contribution in [0.5, 0.6) is 0 Å². The van der Waals surface area contributed by atoms with Crippen molar-refractivity contribution in [2.75, 3.05) is 32.8 Å². The predicted molar refractivity (Wildman–Crippen MR) is 73.2 cm³/mol. The molecule has 1 fully saturated rings. The fourth-order valence-electron chi connectivity index (χ4n) is 2.50. The highest BCUT2D eigenvalue weighted by molar-refractivity contribution is 4.81. The monoisotopic (exact) mass is 242 g/mol. The molecular formula is C14H30N2O. The molecule has 3 nitrogen and oxygen atoms in total. The third-order valence-electron chi connectivity index (χ3n) is 4.35. The van der Waals surface area contributed by atoms with E-state index < -0.39 is 0 Å². The maximum atomic E-state index is 5.70. The van der Waals surface area contributed by atoms with Gasteiger partial charge in [0.15, 0.2) is 0 Å². The molecule has 2 N–H and O–H groups in total. The molecule has 0 radical (unpaired) electrons. The molecule has 1 atom stereocenters. The number of nitrogens with zero attached hydrogens (tertiary/aromatic N) is 1. The average Bonchev–Trinajstić information content (AvgIpc) is 2.36. The molecule has 1 saturated heterocycles. The van der Waals surface area contributed by atoms with Crippen LogP contribution in [0.1, 0.15) is 46.5 Å². The summed E-state index contributed by atoms with van der Waals surface area (Å²) in [7, 11) is 0. The van der Waals surface area contributed by atoms with E-state index in [1.54, 1.807) is 0 Å². The molecule has 0 saturated carbocycles. The van der Waals surface area contributed by atoms with E-state index in [2.05, 4.69) is 18.7 Å². The van der Waals surface area contributed by atoms with Crippen LogP contribution >= 0.6 is 0 Å². The third-order valence-corrected chi connectivity index (χ3v) is 4.35. The molecule has 1 aliphatic rings. The Morgan fingerprint density at radius 3 is 2.41 bits per heavy atom. The second-order valence-corrected chi connectivity index (χ2v) is 5.61. The molecule has 0 aromatic carbocycles. The minimum atomic E-state index is 0.250. The lowest BCUT2D eigenvalue weighted by molar-refractivity contribution is 0.0446. The number of nitrogens with two attached hydrogens (primary N) is 1. The van der Waals surface area contributed by atoms with Gasteiger partial charge in [0.05, 0.1) is 6.10 Å². The molecule has 0 aromatic heterocycles. The topological polar surface area (TPSA) is 38.5 Å². The SMILES string of the molecule is CCOC(CN)CCN1CCC(C)(CC)CC1. The number of hydrogen-bond acceptors (Lipinski definition) is 3. The van der Waals surface area contributed by atoms with E-state index in [1.807, 2.05) is 6.92 Å². The van der Waals surface area contributed by atoms with Gasteiger partial charge in [-0.25, -0.2) is 0 Å². The molecule has 0 spiro atoms. The number of ether oxygens (including phenoxy) is 1. The van der Waals surface area contributed by atoms with Gasteiger partial charge in [0.2, 0.25) is 0 Å². The molecule has 1 rings (SSSR count). The molecule has 1 aliphatic heterocycles. The molecule has 3 heteroatoms. The van der Waals surface area contributed by atoms with Gasteiger partial charge in [0.25, 0.3) is 0 Å². The standard InChI is InChI=1S/C14H30N2O/c1-4-14(3)7-10-16(11-8-14)9-6-13(12-15)17-5-2/h13H,4-12,15H2,1-3H3. The lowest BCUT2D eigenvalue weighted by atomic mass is 9.78. The summed E-state index contributed by atoms with van der Waals surface area (Å²) >= 11 is 0. The van der Waals surface area contributed by atoms with Crippen LogP contribution in [0, 0.1) is 5.41 Å². The number of likely N-dealkylation sites (tertiary alicyclic amines) is 1. The van der Waals surface area contributed by atoms with Crippen molar-refractivity contribution in [1.29, 1.82) is 0 Å². The van der Waals surface area contributed by atoms with Crippen LogP contribution in [-0.2, 0) is 4.74 Å². The summed E-state index contributed by atoms with van der Waals surface area (Å²) in [5, 5.41) is 0. The minimum Gasteiger partial charge on any atom is -0.377 e. The summed E-state index contributed by atoms with van der Waals surface area (Å²) in [6.07, 6.45) is 5.31. The Morgan fingerprint density at radius 1 is 1.29 bits per heavy atom. The predicted octanol–water partition coefficient (Wildman–Crippen LogP) is 2.25. The molecule has 1 heterocycles. The van der Waals surface area contributed by atoms with Gasteiger partial charge in [-0.05, 0) is 44.7 Å². The zero-order chi connectivity index (χ0) is 12.7. The highest BCUT2D eigenvalue weighted by atomic mass is 16.5. The molecule has 0 aliphatic carbocycles. The Kier molecular flexibility index (Phi) is 6.45. The highest BCUT2D eigenvalue weighted by Crippen LogP contribution is 2.33. The molecule has 0 aromatic rings. The van der Waals surface area contributed by atoms with Crippen molar-refractivity contribution in [3.05, 3.63) is 0 Å². The van der Waals surface area contributed by atoms with Crippen molar-refractivity contribution in [3.8, 4) is 0 Å². The highest BCUT2D eigenvalue weighted by Gasteiger charge is 2.28. The van der Waals surface area contributed by atoms with Gasteiger partial charge in [-0.1, -0.05) is 20.3 Å². The number of hydrogen-bond donors (Lipinski definition) is 1. The lowest BCUT2D eigenvalue weighted by Crippen LogP contribution is -2.40. The van der Waals surface area contributed by atoms with Gasteiger partial charge in [-0.3, -0.25) is 0 Å². The Hall–Kier alpha value is -0.120. The third kappa shape index (κ3) is 4.94. The summed E-state index contributed by atoms with van der Waals surface area (Å²) < 4.78 is 5.59. The fraction of sp³-hybridized carbons (Fsp3) is 1.00. The zero-order valence-corrected chi connectivity index (χ0v) is 11.9. The summed E-state index contributed by atoms with van der Waals surface area (Å²) in [4.78, 5) is 2.57. The quantitative estimate of drug-likeness (QED) is 0.744. The van der Waals surface area contributed by atoms with E-state index in [1.165, 1.54) is 32.4 Å². The number of rotatable bonds is 7. The van der Waals surface area contributed by atoms with Crippen LogP contribution in [-0.4, -0.2) is 43.8 Å². The Bertz CT molecular complexity index is 200. The molecule has 0 amide bonds. The van der Waals surface area contributed by atoms with E-state index in [4.69, 9.17) is 10.5 Å². The molecule has 0 bridgehead atoms. The van der Waals surface area contributed by atoms with Crippen LogP contribution in [0.15, 0.2) is 0 Å². The second-order valence-electron chi connectivity index (χ2n) is 5.61. The smallest absolute Gasteiger partial charge is 0.0709 e. The Morgan fingerprint density at radius 2 is 1.94 bits per heavy atom. The van der Waals surface area contributed by atoms with Crippen molar-refractivity contribution < 1.29 is 4.74 Å². The van der Waals surface area contributed by atoms with Gasteiger partial charge in [0.1, 0.15) is 0 Å². The van der Waals surface area contributed by atoms with Gasteiger partial charge >= 0.3 is 0 Å². The van der Waals surface area contributed by atoms with Crippen molar-refractivity contribution in [3.63, 3.8) is 0 Å². The molecular weight excluding hydrogens is 212 g/mol. The van der Waals surface area contributed by atoms with E-state index >= 15 is 0 Å². The van der Waals surface area contributed by atoms with Crippen LogP contribution < -0.4 is 5.73 Å². The maximum absolute atomic E-state index is 5.70. The first kappa shape index (κ1) is 14.9. The van der Waals surface area contributed by atoms with E-state index in [9.17, 15) is 0 Å².